The Labute approximate surface area is 106 Å². The number of rotatable bonds is 3. The number of amides is 3. The molecule has 1 aliphatic heterocycles. The fourth-order valence-corrected chi connectivity index (χ4v) is 3.11. The molecule has 0 bridgehead atoms. The highest BCUT2D eigenvalue weighted by Gasteiger charge is 2.38. The van der Waals surface area contributed by atoms with E-state index < -0.39 is 6.03 Å². The maximum absolute atomic E-state index is 11.8. The molecule has 2 aliphatic rings. The molecule has 0 aromatic carbocycles. The minimum atomic E-state index is -0.826. The van der Waals surface area contributed by atoms with Crippen molar-refractivity contribution in [2.75, 3.05) is 13.1 Å². The van der Waals surface area contributed by atoms with Gasteiger partial charge >= 0.3 is 6.03 Å². The summed E-state index contributed by atoms with van der Waals surface area (Å²) in [6.07, 6.45) is 4.51. The average molecular weight is 253 g/mol. The van der Waals surface area contributed by atoms with Crippen molar-refractivity contribution >= 4 is 17.7 Å². The number of nitrogens with zero attached hydrogens (tertiary/aromatic N) is 1. The van der Waals surface area contributed by atoms with E-state index in [1.165, 1.54) is 0 Å². The zero-order valence-electron chi connectivity index (χ0n) is 10.4. The summed E-state index contributed by atoms with van der Waals surface area (Å²) >= 11 is 0. The van der Waals surface area contributed by atoms with Crippen LogP contribution in [0.1, 0.15) is 32.1 Å². The zero-order valence-corrected chi connectivity index (χ0v) is 10.4. The molecule has 6 heteroatoms. The Morgan fingerprint density at radius 2 is 2.11 bits per heavy atom. The van der Waals surface area contributed by atoms with Gasteiger partial charge in [0.1, 0.15) is 5.78 Å². The number of hydrogen-bond donors (Lipinski definition) is 2. The van der Waals surface area contributed by atoms with Crippen LogP contribution in [-0.4, -0.2) is 41.8 Å². The first-order valence-electron chi connectivity index (χ1n) is 6.44. The van der Waals surface area contributed by atoms with Crippen LogP contribution in [0.2, 0.25) is 0 Å². The van der Waals surface area contributed by atoms with Gasteiger partial charge in [0.25, 0.3) is 0 Å². The summed E-state index contributed by atoms with van der Waals surface area (Å²) in [4.78, 5) is 35.9. The molecule has 18 heavy (non-hydrogen) atoms. The van der Waals surface area contributed by atoms with Gasteiger partial charge in [-0.15, -0.1) is 0 Å². The number of Topliss-reactive ketones (excluding diaryl/α,β-unsaturated/α-hetero) is 1. The maximum atomic E-state index is 11.8. The third kappa shape index (κ3) is 2.87. The summed E-state index contributed by atoms with van der Waals surface area (Å²) in [6.45, 7) is 0.956. The molecular weight excluding hydrogens is 234 g/mol. The number of carbonyl (C=O) groups is 3. The third-order valence-corrected chi connectivity index (χ3v) is 3.84. The second-order valence-corrected chi connectivity index (χ2v) is 5.06. The van der Waals surface area contributed by atoms with E-state index in [1.54, 1.807) is 0 Å². The number of ketones is 1. The quantitative estimate of drug-likeness (QED) is 0.741. The van der Waals surface area contributed by atoms with Gasteiger partial charge in [0.15, 0.2) is 0 Å². The van der Waals surface area contributed by atoms with Crippen LogP contribution in [0.4, 0.5) is 4.79 Å². The van der Waals surface area contributed by atoms with Crippen LogP contribution in [0, 0.1) is 5.92 Å². The Hall–Kier alpha value is -1.43. The van der Waals surface area contributed by atoms with E-state index in [0.29, 0.717) is 12.2 Å². The highest BCUT2D eigenvalue weighted by molar-refractivity contribution is 5.94. The van der Waals surface area contributed by atoms with Crippen LogP contribution in [0.5, 0.6) is 0 Å². The van der Waals surface area contributed by atoms with Crippen molar-refractivity contribution in [3.63, 3.8) is 0 Å². The first-order chi connectivity index (χ1) is 8.58. The van der Waals surface area contributed by atoms with E-state index in [4.69, 9.17) is 5.73 Å². The monoisotopic (exact) mass is 253 g/mol. The zero-order chi connectivity index (χ0) is 13.1. The topological polar surface area (TPSA) is 92.5 Å². The number of hydrogen-bond acceptors (Lipinski definition) is 4. The number of urea groups is 1. The van der Waals surface area contributed by atoms with Crippen LogP contribution in [-0.2, 0) is 9.59 Å². The summed E-state index contributed by atoms with van der Waals surface area (Å²) in [6, 6.07) is -0.661. The molecule has 0 aromatic rings. The molecule has 6 nitrogen and oxygen atoms in total. The standard InChI is InChI=1S/C12H19N3O3/c13-12(18)14-11(17)7-15-6-2-4-9(15)8-3-1-5-10(8)16/h8-9H,1-7H2,(H3,13,14,17,18). The van der Waals surface area contributed by atoms with Gasteiger partial charge in [0.2, 0.25) is 5.91 Å². The highest BCUT2D eigenvalue weighted by atomic mass is 16.2. The minimum Gasteiger partial charge on any atom is -0.351 e. The third-order valence-electron chi connectivity index (χ3n) is 3.84. The molecule has 0 spiro atoms. The van der Waals surface area contributed by atoms with E-state index in [2.05, 4.69) is 5.32 Å². The number of imide groups is 1. The van der Waals surface area contributed by atoms with Crippen LogP contribution in [0.15, 0.2) is 0 Å². The molecule has 1 heterocycles. The van der Waals surface area contributed by atoms with Crippen molar-refractivity contribution < 1.29 is 14.4 Å². The van der Waals surface area contributed by atoms with Gasteiger partial charge in [0, 0.05) is 18.4 Å². The molecule has 2 rings (SSSR count). The summed E-state index contributed by atoms with van der Waals surface area (Å²) in [7, 11) is 0. The number of primary amides is 1. The summed E-state index contributed by atoms with van der Waals surface area (Å²) in [5.41, 5.74) is 4.90. The van der Waals surface area contributed by atoms with Crippen molar-refractivity contribution in [1.82, 2.24) is 10.2 Å². The van der Waals surface area contributed by atoms with Crippen LogP contribution in [0.25, 0.3) is 0 Å². The number of likely N-dealkylation sites (tertiary alicyclic amines) is 1. The number of nitrogens with one attached hydrogen (secondary N) is 1. The minimum absolute atomic E-state index is 0.0777. The van der Waals surface area contributed by atoms with E-state index in [9.17, 15) is 14.4 Å². The van der Waals surface area contributed by atoms with E-state index in [0.717, 1.165) is 32.2 Å². The Morgan fingerprint density at radius 3 is 2.72 bits per heavy atom. The predicted molar refractivity (Wildman–Crippen MR) is 64.7 cm³/mol. The van der Waals surface area contributed by atoms with Gasteiger partial charge in [-0.1, -0.05) is 0 Å². The lowest BCUT2D eigenvalue weighted by Crippen LogP contribution is -2.46. The summed E-state index contributed by atoms with van der Waals surface area (Å²) < 4.78 is 0. The lowest BCUT2D eigenvalue weighted by molar-refractivity contribution is -0.125. The summed E-state index contributed by atoms with van der Waals surface area (Å²) in [5.74, 6) is 0.0101. The fourth-order valence-electron chi connectivity index (χ4n) is 3.11. The van der Waals surface area contributed by atoms with Crippen LogP contribution < -0.4 is 11.1 Å². The Bertz CT molecular complexity index is 370. The molecule has 2 unspecified atom stereocenters. The van der Waals surface area contributed by atoms with Gasteiger partial charge in [-0.3, -0.25) is 19.8 Å². The molecule has 1 saturated carbocycles. The molecule has 100 valence electrons. The van der Waals surface area contributed by atoms with Crippen molar-refractivity contribution in [3.8, 4) is 0 Å². The van der Waals surface area contributed by atoms with Gasteiger partial charge in [-0.05, 0) is 32.2 Å². The predicted octanol–water partition coefficient (Wildman–Crippen LogP) is 0.0149. The first kappa shape index (κ1) is 13.0. The van der Waals surface area contributed by atoms with Crippen molar-refractivity contribution in [3.05, 3.63) is 0 Å². The van der Waals surface area contributed by atoms with Crippen molar-refractivity contribution in [2.45, 2.75) is 38.1 Å². The van der Waals surface area contributed by atoms with E-state index >= 15 is 0 Å². The van der Waals surface area contributed by atoms with Crippen LogP contribution in [0.3, 0.4) is 0 Å². The van der Waals surface area contributed by atoms with Crippen molar-refractivity contribution in [1.29, 1.82) is 0 Å². The second-order valence-electron chi connectivity index (χ2n) is 5.06. The molecular formula is C12H19N3O3. The maximum Gasteiger partial charge on any atom is 0.318 e. The van der Waals surface area contributed by atoms with Crippen LogP contribution >= 0.6 is 0 Å². The Kier molecular flexibility index (Phi) is 3.96. The van der Waals surface area contributed by atoms with Gasteiger partial charge in [-0.25, -0.2) is 4.79 Å². The molecule has 1 aliphatic carbocycles. The molecule has 2 atom stereocenters. The second kappa shape index (κ2) is 5.48. The molecule has 0 radical (unpaired) electrons. The van der Waals surface area contributed by atoms with E-state index in [-0.39, 0.29) is 24.4 Å². The first-order valence-corrected chi connectivity index (χ1v) is 6.44. The van der Waals surface area contributed by atoms with Gasteiger partial charge in [0.05, 0.1) is 6.54 Å². The smallest absolute Gasteiger partial charge is 0.318 e. The number of nitrogens with two attached hydrogens (primary N) is 1. The van der Waals surface area contributed by atoms with Crippen molar-refractivity contribution in [2.24, 2.45) is 11.7 Å². The summed E-state index contributed by atoms with van der Waals surface area (Å²) in [5, 5.41) is 2.07. The lowest BCUT2D eigenvalue weighted by Gasteiger charge is -2.27. The van der Waals surface area contributed by atoms with E-state index in [1.807, 2.05) is 4.90 Å². The fraction of sp³-hybridized carbons (Fsp3) is 0.750. The van der Waals surface area contributed by atoms with Gasteiger partial charge < -0.3 is 5.73 Å². The Balaban J connectivity index is 1.93. The molecule has 3 amide bonds. The Morgan fingerprint density at radius 1 is 1.33 bits per heavy atom. The lowest BCUT2D eigenvalue weighted by atomic mass is 9.95. The van der Waals surface area contributed by atoms with Gasteiger partial charge in [-0.2, -0.15) is 0 Å². The highest BCUT2D eigenvalue weighted by Crippen LogP contribution is 2.32. The molecule has 2 fully saturated rings. The molecule has 1 saturated heterocycles. The average Bonchev–Trinajstić information content (AvgIpc) is 2.85. The largest absolute Gasteiger partial charge is 0.351 e. The molecule has 0 aromatic heterocycles. The number of carbonyl (C=O) groups excluding carboxylic acids is 3. The SMILES string of the molecule is NC(=O)NC(=O)CN1CCCC1C1CCCC1=O. The normalized spacial score (nSPS) is 28.6. The molecule has 3 N–H and O–H groups in total.